The zero-order chi connectivity index (χ0) is 27.1. The largest absolute Gasteiger partial charge is 0.496 e. The highest BCUT2D eigenvalue weighted by molar-refractivity contribution is 6.04. The van der Waals surface area contributed by atoms with Gasteiger partial charge in [0.2, 0.25) is 0 Å². The van der Waals surface area contributed by atoms with Crippen LogP contribution in [0.2, 0.25) is 0 Å². The van der Waals surface area contributed by atoms with Crippen molar-refractivity contribution < 1.29 is 20.1 Å². The Bertz CT molecular complexity index is 1530. The Morgan fingerprint density at radius 3 is 2.51 bits per heavy atom. The van der Waals surface area contributed by atoms with Crippen LogP contribution in [0.3, 0.4) is 0 Å². The van der Waals surface area contributed by atoms with E-state index in [9.17, 15) is 4.79 Å². The number of aromatic amines is 1. The van der Waals surface area contributed by atoms with Gasteiger partial charge < -0.3 is 24.3 Å². The second kappa shape index (κ2) is 10.2. The number of H-pyrrole nitrogens is 1. The highest BCUT2D eigenvalue weighted by Crippen LogP contribution is 2.39. The number of hydrogen-bond acceptors (Lipinski definition) is 5. The van der Waals surface area contributed by atoms with Gasteiger partial charge in [-0.15, -0.1) is 0 Å². The van der Waals surface area contributed by atoms with Gasteiger partial charge in [-0.1, -0.05) is 32.0 Å². The van der Waals surface area contributed by atoms with Gasteiger partial charge in [-0.3, -0.25) is 4.79 Å². The number of rotatable bonds is 7. The number of nitrogens with one attached hydrogen (secondary N) is 1. The number of pyridine rings is 1. The zero-order valence-electron chi connectivity index (χ0n) is 22.5. The number of fused-ring (bicyclic) bond motifs is 1. The maximum Gasteiger partial charge on any atom is 0.270 e. The third-order valence-corrected chi connectivity index (χ3v) is 7.57. The molecule has 1 saturated carbocycles. The number of nitrogens with zero attached hydrogens (tertiary/aromatic N) is 3. The van der Waals surface area contributed by atoms with Gasteiger partial charge in [-0.2, -0.15) is 0 Å². The second-order valence-electron chi connectivity index (χ2n) is 10.6. The van der Waals surface area contributed by atoms with Crippen molar-refractivity contribution in [3.63, 3.8) is 0 Å². The number of para-hydroxylation sites is 1. The van der Waals surface area contributed by atoms with Crippen LogP contribution in [-0.2, 0) is 0 Å². The molecule has 3 heterocycles. The maximum absolute atomic E-state index is 15.7. The number of piperazine rings is 1. The number of carbonyl (C=O) groups is 1. The highest BCUT2D eigenvalue weighted by Gasteiger charge is 2.29. The third-order valence-electron chi connectivity index (χ3n) is 7.57. The van der Waals surface area contributed by atoms with Gasteiger partial charge in [0.25, 0.3) is 5.91 Å². The van der Waals surface area contributed by atoms with Crippen molar-refractivity contribution in [2.45, 2.75) is 38.7 Å². The Balaban J connectivity index is 0.00000323. The molecular weight excluding hydrogens is 495 g/mol. The van der Waals surface area contributed by atoms with Crippen LogP contribution in [0.1, 0.15) is 50.1 Å². The molecule has 0 unspecified atom stereocenters. The first kappa shape index (κ1) is 25.2. The Labute approximate surface area is 229 Å². The minimum absolute atomic E-state index is 0. The monoisotopic (exact) mass is 530 g/mol. The summed E-state index contributed by atoms with van der Waals surface area (Å²) in [4.78, 5) is 25.3. The van der Waals surface area contributed by atoms with Gasteiger partial charge >= 0.3 is 0 Å². The highest BCUT2D eigenvalue weighted by atomic mass is 19.1. The smallest absolute Gasteiger partial charge is 0.270 e. The molecule has 2 aromatic heterocycles. The van der Waals surface area contributed by atoms with Crippen molar-refractivity contribution in [3.05, 3.63) is 71.8 Å². The topological polar surface area (TPSA) is 70.7 Å². The van der Waals surface area contributed by atoms with Gasteiger partial charge in [0, 0.05) is 44.8 Å². The number of ether oxygens (including phenoxy) is 2. The normalized spacial score (nSPS) is 15.7. The molecule has 1 saturated heterocycles. The number of anilines is 1. The van der Waals surface area contributed by atoms with E-state index >= 15 is 4.39 Å². The van der Waals surface area contributed by atoms with E-state index in [4.69, 9.17) is 9.47 Å². The lowest BCUT2D eigenvalue weighted by molar-refractivity contribution is 0.0741. The summed E-state index contributed by atoms with van der Waals surface area (Å²) < 4.78 is 27.3. The van der Waals surface area contributed by atoms with Crippen molar-refractivity contribution in [1.29, 1.82) is 0 Å². The molecule has 2 aromatic carbocycles. The lowest BCUT2D eigenvalue weighted by Crippen LogP contribution is -2.49. The fourth-order valence-corrected chi connectivity index (χ4v) is 5.28. The number of halogens is 1. The zero-order valence-corrected chi connectivity index (χ0v) is 22.5. The molecule has 2 fully saturated rings. The molecule has 0 radical (unpaired) electrons. The number of amides is 1. The molecule has 7 nitrogen and oxygen atoms in total. The van der Waals surface area contributed by atoms with Crippen LogP contribution in [0.5, 0.6) is 11.5 Å². The number of benzene rings is 2. The molecule has 0 bridgehead atoms. The first-order chi connectivity index (χ1) is 18.9. The van der Waals surface area contributed by atoms with E-state index < -0.39 is 0 Å². The SMILES string of the molecule is COc1ccccc1-c1cc(C(C)C)c(F)c2[nH]c(C(=O)N3CCN(c4ncccc4OC4CC4)CC3)cc12.[HH]. The molecule has 6 rings (SSSR count). The molecule has 8 heteroatoms. The summed E-state index contributed by atoms with van der Waals surface area (Å²) in [5.74, 6) is 1.84. The quantitative estimate of drug-likeness (QED) is 0.306. The van der Waals surface area contributed by atoms with Crippen LogP contribution in [0.25, 0.3) is 22.0 Å². The average molecular weight is 531 g/mol. The van der Waals surface area contributed by atoms with Crippen molar-refractivity contribution in [2.24, 2.45) is 0 Å². The fourth-order valence-electron chi connectivity index (χ4n) is 5.28. The summed E-state index contributed by atoms with van der Waals surface area (Å²) in [6.45, 7) is 6.28. The lowest BCUT2D eigenvalue weighted by atomic mass is 9.93. The van der Waals surface area contributed by atoms with Crippen LogP contribution >= 0.6 is 0 Å². The van der Waals surface area contributed by atoms with Gasteiger partial charge in [0.05, 0.1) is 18.7 Å². The van der Waals surface area contributed by atoms with Crippen LogP contribution in [0, 0.1) is 5.82 Å². The van der Waals surface area contributed by atoms with E-state index in [2.05, 4.69) is 14.9 Å². The van der Waals surface area contributed by atoms with Crippen LogP contribution in [0.15, 0.2) is 54.7 Å². The first-order valence-electron chi connectivity index (χ1n) is 13.6. The predicted molar refractivity (Wildman–Crippen MR) is 152 cm³/mol. The van der Waals surface area contributed by atoms with E-state index in [1.54, 1.807) is 19.4 Å². The van der Waals surface area contributed by atoms with Gasteiger partial charge in [0.1, 0.15) is 11.4 Å². The summed E-state index contributed by atoms with van der Waals surface area (Å²) in [5, 5.41) is 0.665. The Morgan fingerprint density at radius 1 is 1.05 bits per heavy atom. The molecular formula is C31H35FN4O3. The van der Waals surface area contributed by atoms with Crippen LogP contribution < -0.4 is 14.4 Å². The Morgan fingerprint density at radius 2 is 1.79 bits per heavy atom. The third kappa shape index (κ3) is 4.80. The molecule has 4 aromatic rings. The summed E-state index contributed by atoms with van der Waals surface area (Å²) in [5.41, 5.74) is 3.02. The maximum atomic E-state index is 15.7. The van der Waals surface area contributed by atoms with E-state index in [1.165, 1.54) is 0 Å². The molecule has 39 heavy (non-hydrogen) atoms. The summed E-state index contributed by atoms with van der Waals surface area (Å²) in [6.07, 6.45) is 4.23. The Kier molecular flexibility index (Phi) is 6.62. The first-order valence-corrected chi connectivity index (χ1v) is 13.6. The summed E-state index contributed by atoms with van der Waals surface area (Å²) in [6, 6.07) is 15.2. The number of aromatic nitrogens is 2. The second-order valence-corrected chi connectivity index (χ2v) is 10.6. The molecule has 1 aliphatic carbocycles. The number of hydrogen-bond donors (Lipinski definition) is 1. The minimum Gasteiger partial charge on any atom is -0.496 e. The van der Waals surface area contributed by atoms with Crippen molar-refractivity contribution in [1.82, 2.24) is 14.9 Å². The molecule has 204 valence electrons. The van der Waals surface area contributed by atoms with Crippen LogP contribution in [0.4, 0.5) is 10.2 Å². The van der Waals surface area contributed by atoms with E-state index in [0.717, 1.165) is 35.5 Å². The fraction of sp³-hybridized carbons (Fsp3) is 0.355. The molecule has 1 aliphatic heterocycles. The summed E-state index contributed by atoms with van der Waals surface area (Å²) >= 11 is 0. The van der Waals surface area contributed by atoms with Crippen LogP contribution in [-0.4, -0.2) is 60.2 Å². The van der Waals surface area contributed by atoms with E-state index in [-0.39, 0.29) is 25.2 Å². The lowest BCUT2D eigenvalue weighted by Gasteiger charge is -2.35. The van der Waals surface area contributed by atoms with Crippen molar-refractivity contribution in [2.75, 3.05) is 38.2 Å². The molecule has 0 atom stereocenters. The van der Waals surface area contributed by atoms with Gasteiger partial charge in [0.15, 0.2) is 17.4 Å². The van der Waals surface area contributed by atoms with E-state index in [1.807, 2.05) is 61.2 Å². The van der Waals surface area contributed by atoms with E-state index in [0.29, 0.717) is 54.1 Å². The van der Waals surface area contributed by atoms with Gasteiger partial charge in [-0.05, 0) is 60.2 Å². The number of methoxy groups -OCH3 is 1. The Hall–Kier alpha value is -4.07. The minimum atomic E-state index is -0.319. The average Bonchev–Trinajstić information content (AvgIpc) is 3.66. The standard InChI is InChI=1S/C31H33FN4O3.H2/c1-19(2)22-17-23(21-7-4-5-8-26(21)38-3)24-18-25(34-29(24)28(22)32)31(37)36-15-13-35(14-16-36)30-27(9-6-12-33-30)39-20-10-11-20;/h4-9,12,17-20,34H,10-11,13-16H2,1-3H3;1H. The molecule has 0 spiro atoms. The van der Waals surface area contributed by atoms with Crippen molar-refractivity contribution >= 4 is 22.6 Å². The molecule has 2 aliphatic rings. The number of carbonyl (C=O) groups excluding carboxylic acids is 1. The summed E-state index contributed by atoms with van der Waals surface area (Å²) in [7, 11) is 1.63. The van der Waals surface area contributed by atoms with Gasteiger partial charge in [-0.25, -0.2) is 9.37 Å². The molecule has 1 N–H and O–H groups in total. The van der Waals surface area contributed by atoms with Crippen molar-refractivity contribution in [3.8, 4) is 22.6 Å². The molecule has 1 amide bonds. The predicted octanol–water partition coefficient (Wildman–Crippen LogP) is 6.25.